The van der Waals surface area contributed by atoms with Crippen molar-refractivity contribution in [3.05, 3.63) is 29.3 Å². The van der Waals surface area contributed by atoms with Crippen LogP contribution in [-0.4, -0.2) is 30.9 Å². The normalized spacial score (nSPS) is 17.8. The average molecular weight is 274 g/mol. The number of aliphatic hydroxyl groups is 1. The monoisotopic (exact) mass is 274 g/mol. The minimum atomic E-state index is -0.526. The Hall–Kier alpha value is -1.57. The Balaban J connectivity index is 2.18. The predicted molar refractivity (Wildman–Crippen MR) is 78.7 cm³/mol. The molecule has 0 saturated carbocycles. The van der Waals surface area contributed by atoms with Gasteiger partial charge in [0.1, 0.15) is 0 Å². The van der Waals surface area contributed by atoms with Gasteiger partial charge in [-0.3, -0.25) is 0 Å². The van der Waals surface area contributed by atoms with Crippen molar-refractivity contribution >= 4 is 5.69 Å². The molecule has 1 fully saturated rings. The first kappa shape index (κ1) is 14.8. The van der Waals surface area contributed by atoms with Gasteiger partial charge < -0.3 is 14.7 Å². The van der Waals surface area contributed by atoms with Gasteiger partial charge in [0.25, 0.3) is 0 Å². The number of nitrogens with zero attached hydrogens (tertiary/aromatic N) is 2. The lowest BCUT2D eigenvalue weighted by molar-refractivity contribution is 0.0458. The lowest BCUT2D eigenvalue weighted by Gasteiger charge is -2.35. The largest absolute Gasteiger partial charge is 0.389 e. The fourth-order valence-electron chi connectivity index (χ4n) is 2.74. The maximum atomic E-state index is 9.90. The Morgan fingerprint density at radius 2 is 2.15 bits per heavy atom. The molecule has 4 heteroatoms. The zero-order valence-electron chi connectivity index (χ0n) is 12.2. The molecule has 1 atom stereocenters. The smallest absolute Gasteiger partial charge is 0.0992 e. The first-order chi connectivity index (χ1) is 9.65. The van der Waals surface area contributed by atoms with Gasteiger partial charge in [-0.05, 0) is 38.8 Å². The molecular formula is C16H22N2O2. The second-order valence-electron chi connectivity index (χ2n) is 5.20. The summed E-state index contributed by atoms with van der Waals surface area (Å²) < 4.78 is 5.66. The molecule has 1 aliphatic rings. The van der Waals surface area contributed by atoms with Gasteiger partial charge in [0.15, 0.2) is 0 Å². The van der Waals surface area contributed by atoms with Gasteiger partial charge in [0, 0.05) is 30.9 Å². The van der Waals surface area contributed by atoms with E-state index in [0.29, 0.717) is 11.7 Å². The van der Waals surface area contributed by atoms with E-state index in [9.17, 15) is 5.11 Å². The Bertz CT molecular complexity index is 486. The summed E-state index contributed by atoms with van der Waals surface area (Å²) in [6.07, 6.45) is 1.79. The molecule has 4 nitrogen and oxygen atoms in total. The van der Waals surface area contributed by atoms with E-state index in [0.717, 1.165) is 43.8 Å². The third kappa shape index (κ3) is 3.30. The lowest BCUT2D eigenvalue weighted by atomic mass is 10.0. The molecule has 0 aliphatic carbocycles. The van der Waals surface area contributed by atoms with E-state index in [1.165, 1.54) is 0 Å². The summed E-state index contributed by atoms with van der Waals surface area (Å²) in [4.78, 5) is 2.25. The first-order valence-corrected chi connectivity index (χ1v) is 7.24. The number of nitriles is 1. The van der Waals surface area contributed by atoms with Crippen molar-refractivity contribution in [1.82, 2.24) is 0 Å². The highest BCUT2D eigenvalue weighted by Crippen LogP contribution is 2.30. The molecule has 0 bridgehead atoms. The first-order valence-electron chi connectivity index (χ1n) is 7.24. The molecular weight excluding hydrogens is 252 g/mol. The van der Waals surface area contributed by atoms with E-state index in [1.54, 1.807) is 13.0 Å². The summed E-state index contributed by atoms with van der Waals surface area (Å²) in [7, 11) is 0. The highest BCUT2D eigenvalue weighted by Gasteiger charge is 2.22. The number of ether oxygens (including phenoxy) is 1. The van der Waals surface area contributed by atoms with Crippen LogP contribution in [0.3, 0.4) is 0 Å². The third-order valence-electron chi connectivity index (χ3n) is 3.79. The van der Waals surface area contributed by atoms with E-state index >= 15 is 0 Å². The van der Waals surface area contributed by atoms with Crippen molar-refractivity contribution in [2.75, 3.05) is 24.6 Å². The van der Waals surface area contributed by atoms with Crippen LogP contribution in [-0.2, 0) is 4.74 Å². The summed E-state index contributed by atoms with van der Waals surface area (Å²) in [6.45, 7) is 6.35. The summed E-state index contributed by atoms with van der Waals surface area (Å²) in [5.74, 6) is 0. The molecule has 1 aromatic rings. The van der Waals surface area contributed by atoms with Crippen LogP contribution in [0.4, 0.5) is 5.69 Å². The molecule has 1 N–H and O–H groups in total. The number of anilines is 1. The molecule has 108 valence electrons. The summed E-state index contributed by atoms with van der Waals surface area (Å²) >= 11 is 0. The van der Waals surface area contributed by atoms with E-state index < -0.39 is 6.10 Å². The molecule has 1 aromatic carbocycles. The SMILES string of the molecule is CCOC1CCN(c2cc(C#N)ccc2[C@H](C)O)CC1. The average Bonchev–Trinajstić information content (AvgIpc) is 2.47. The summed E-state index contributed by atoms with van der Waals surface area (Å²) in [6, 6.07) is 7.66. The summed E-state index contributed by atoms with van der Waals surface area (Å²) in [5, 5.41) is 19.0. The van der Waals surface area contributed by atoms with E-state index in [1.807, 2.05) is 19.1 Å². The van der Waals surface area contributed by atoms with E-state index in [-0.39, 0.29) is 0 Å². The van der Waals surface area contributed by atoms with Crippen LogP contribution < -0.4 is 4.90 Å². The highest BCUT2D eigenvalue weighted by atomic mass is 16.5. The fraction of sp³-hybridized carbons (Fsp3) is 0.562. The quantitative estimate of drug-likeness (QED) is 0.917. The Labute approximate surface area is 120 Å². The highest BCUT2D eigenvalue weighted by molar-refractivity contribution is 5.58. The maximum absolute atomic E-state index is 9.90. The second kappa shape index (κ2) is 6.74. The van der Waals surface area contributed by atoms with Crippen LogP contribution in [0.15, 0.2) is 18.2 Å². The van der Waals surface area contributed by atoms with Gasteiger partial charge in [-0.25, -0.2) is 0 Å². The lowest BCUT2D eigenvalue weighted by Crippen LogP contribution is -2.37. The van der Waals surface area contributed by atoms with Crippen molar-refractivity contribution in [1.29, 1.82) is 5.26 Å². The zero-order chi connectivity index (χ0) is 14.5. The molecule has 1 heterocycles. The predicted octanol–water partition coefficient (Wildman–Crippen LogP) is 2.62. The van der Waals surface area contributed by atoms with Crippen LogP contribution in [0.1, 0.15) is 43.9 Å². The van der Waals surface area contributed by atoms with Gasteiger partial charge in [0.2, 0.25) is 0 Å². The zero-order valence-corrected chi connectivity index (χ0v) is 12.2. The number of hydrogen-bond donors (Lipinski definition) is 1. The molecule has 0 spiro atoms. The molecule has 1 aliphatic heterocycles. The van der Waals surface area contributed by atoms with Gasteiger partial charge >= 0.3 is 0 Å². The van der Waals surface area contributed by atoms with Gasteiger partial charge in [-0.1, -0.05) is 6.07 Å². The van der Waals surface area contributed by atoms with Crippen molar-refractivity contribution in [2.45, 2.75) is 38.9 Å². The van der Waals surface area contributed by atoms with Crippen LogP contribution in [0, 0.1) is 11.3 Å². The molecule has 0 aromatic heterocycles. The fourth-order valence-corrected chi connectivity index (χ4v) is 2.74. The number of aliphatic hydroxyl groups excluding tert-OH is 1. The standard InChI is InChI=1S/C16H22N2O2/c1-3-20-14-6-8-18(9-7-14)16-10-13(11-17)4-5-15(16)12(2)19/h4-5,10,12,14,19H,3,6-9H2,1-2H3/t12-/m0/s1. The number of piperidine rings is 1. The van der Waals surface area contributed by atoms with Crippen LogP contribution >= 0.6 is 0 Å². The maximum Gasteiger partial charge on any atom is 0.0992 e. The Kier molecular flexibility index (Phi) is 4.99. The topological polar surface area (TPSA) is 56.5 Å². The second-order valence-corrected chi connectivity index (χ2v) is 5.20. The number of rotatable bonds is 4. The molecule has 20 heavy (non-hydrogen) atoms. The minimum absolute atomic E-state index is 0.338. The molecule has 1 saturated heterocycles. The van der Waals surface area contributed by atoms with Crippen molar-refractivity contribution in [3.8, 4) is 6.07 Å². The van der Waals surface area contributed by atoms with Gasteiger partial charge in [-0.15, -0.1) is 0 Å². The Morgan fingerprint density at radius 1 is 1.45 bits per heavy atom. The Morgan fingerprint density at radius 3 is 2.70 bits per heavy atom. The van der Waals surface area contributed by atoms with Gasteiger partial charge in [0.05, 0.1) is 23.8 Å². The van der Waals surface area contributed by atoms with Crippen LogP contribution in [0.5, 0.6) is 0 Å². The third-order valence-corrected chi connectivity index (χ3v) is 3.79. The molecule has 0 unspecified atom stereocenters. The van der Waals surface area contributed by atoms with Crippen molar-refractivity contribution in [2.24, 2.45) is 0 Å². The van der Waals surface area contributed by atoms with E-state index in [2.05, 4.69) is 11.0 Å². The summed E-state index contributed by atoms with van der Waals surface area (Å²) in [5.41, 5.74) is 2.50. The van der Waals surface area contributed by atoms with Crippen molar-refractivity contribution < 1.29 is 9.84 Å². The molecule has 0 amide bonds. The number of hydrogen-bond acceptors (Lipinski definition) is 4. The van der Waals surface area contributed by atoms with Gasteiger partial charge in [-0.2, -0.15) is 5.26 Å². The molecule has 0 radical (unpaired) electrons. The van der Waals surface area contributed by atoms with Crippen LogP contribution in [0.25, 0.3) is 0 Å². The molecule has 2 rings (SSSR count). The van der Waals surface area contributed by atoms with Crippen molar-refractivity contribution in [3.63, 3.8) is 0 Å². The van der Waals surface area contributed by atoms with E-state index in [4.69, 9.17) is 10.00 Å². The minimum Gasteiger partial charge on any atom is -0.389 e. The number of benzene rings is 1. The van der Waals surface area contributed by atoms with Crippen LogP contribution in [0.2, 0.25) is 0 Å².